The van der Waals surface area contributed by atoms with E-state index in [1.54, 1.807) is 41.9 Å². The van der Waals surface area contributed by atoms with E-state index in [-0.39, 0.29) is 22.9 Å². The fraction of sp³-hybridized carbons (Fsp3) is 0.150. The number of fused-ring (bicyclic) bond motifs is 1. The molecule has 154 valence electrons. The van der Waals surface area contributed by atoms with Gasteiger partial charge in [0.25, 0.3) is 10.0 Å². The topological polar surface area (TPSA) is 102 Å². The quantitative estimate of drug-likeness (QED) is 0.408. The molecule has 7 nitrogen and oxygen atoms in total. The Hall–Kier alpha value is -2.75. The molecule has 0 aliphatic heterocycles. The highest BCUT2D eigenvalue weighted by Crippen LogP contribution is 2.28. The Balaban J connectivity index is 1.78. The number of rotatable bonds is 7. The summed E-state index contributed by atoms with van der Waals surface area (Å²) in [4.78, 5) is 19.4. The maximum atomic E-state index is 13.5. The smallest absolute Gasteiger partial charge is 0.303 e. The van der Waals surface area contributed by atoms with Gasteiger partial charge in [-0.2, -0.15) is 0 Å². The molecule has 0 radical (unpaired) electrons. The second kappa shape index (κ2) is 8.17. The summed E-state index contributed by atoms with van der Waals surface area (Å²) in [5.41, 5.74) is 4.62. The van der Waals surface area contributed by atoms with E-state index in [4.69, 9.17) is 16.7 Å². The minimum atomic E-state index is -3.93. The first-order chi connectivity index (χ1) is 14.4. The number of aromatic nitrogens is 3. The number of carbonyl (C=O) groups is 1. The number of aliphatic carboxylic acids is 1. The van der Waals surface area contributed by atoms with Crippen LogP contribution in [0, 0.1) is 0 Å². The summed E-state index contributed by atoms with van der Waals surface area (Å²) in [7, 11) is -3.93. The molecule has 0 aliphatic rings. The van der Waals surface area contributed by atoms with Gasteiger partial charge in [-0.15, -0.1) is 11.3 Å². The van der Waals surface area contributed by atoms with Crippen molar-refractivity contribution in [3.05, 3.63) is 64.2 Å². The Bertz CT molecular complexity index is 1310. The molecular formula is C20H16ClN3O4S2. The molecule has 0 spiro atoms. The third-order valence-corrected chi connectivity index (χ3v) is 7.17. The summed E-state index contributed by atoms with van der Waals surface area (Å²) in [5.74, 6) is -0.931. The number of hydrogen-bond donors (Lipinski definition) is 1. The number of aryl methyl sites for hydroxylation is 1. The third-order valence-electron chi connectivity index (χ3n) is 4.60. The SMILES string of the molecule is O=C(O)CCCc1cc2nc(Cl)ccc2n1S(=O)(=O)c1ccc(-c2cscn2)cc1. The number of carboxylic acids is 1. The van der Waals surface area contributed by atoms with E-state index >= 15 is 0 Å². The second-order valence-electron chi connectivity index (χ2n) is 6.59. The van der Waals surface area contributed by atoms with Crippen molar-refractivity contribution < 1.29 is 18.3 Å². The van der Waals surface area contributed by atoms with Gasteiger partial charge >= 0.3 is 5.97 Å². The van der Waals surface area contributed by atoms with Crippen molar-refractivity contribution in [2.75, 3.05) is 0 Å². The number of benzene rings is 1. The van der Waals surface area contributed by atoms with Crippen LogP contribution in [-0.2, 0) is 21.2 Å². The average molecular weight is 462 g/mol. The van der Waals surface area contributed by atoms with Crippen LogP contribution in [0.4, 0.5) is 0 Å². The predicted molar refractivity (Wildman–Crippen MR) is 115 cm³/mol. The zero-order valence-electron chi connectivity index (χ0n) is 15.5. The highest BCUT2D eigenvalue weighted by Gasteiger charge is 2.24. The molecule has 0 aliphatic carbocycles. The van der Waals surface area contributed by atoms with E-state index in [0.29, 0.717) is 23.1 Å². The summed E-state index contributed by atoms with van der Waals surface area (Å²) in [5, 5.41) is 11.1. The molecule has 0 saturated heterocycles. The highest BCUT2D eigenvalue weighted by molar-refractivity contribution is 7.90. The van der Waals surface area contributed by atoms with Gasteiger partial charge in [0, 0.05) is 23.1 Å². The second-order valence-corrected chi connectivity index (χ2v) is 9.48. The predicted octanol–water partition coefficient (Wildman–Crippen LogP) is 4.46. The third kappa shape index (κ3) is 3.96. The highest BCUT2D eigenvalue weighted by atomic mass is 35.5. The van der Waals surface area contributed by atoms with Crippen LogP contribution in [-0.4, -0.2) is 33.4 Å². The molecule has 1 aromatic carbocycles. The Morgan fingerprint density at radius 2 is 1.93 bits per heavy atom. The first-order valence-corrected chi connectivity index (χ1v) is 11.8. The average Bonchev–Trinajstić information content (AvgIpc) is 3.35. The number of hydrogen-bond acceptors (Lipinski definition) is 6. The fourth-order valence-electron chi connectivity index (χ4n) is 3.23. The lowest BCUT2D eigenvalue weighted by atomic mass is 10.2. The van der Waals surface area contributed by atoms with Gasteiger partial charge in [-0.05, 0) is 43.2 Å². The van der Waals surface area contributed by atoms with Crippen molar-refractivity contribution in [3.63, 3.8) is 0 Å². The first-order valence-electron chi connectivity index (χ1n) is 8.99. The zero-order chi connectivity index (χ0) is 21.3. The molecule has 0 fully saturated rings. The van der Waals surface area contributed by atoms with Crippen molar-refractivity contribution in [3.8, 4) is 11.3 Å². The molecule has 0 unspecified atom stereocenters. The van der Waals surface area contributed by atoms with Gasteiger partial charge < -0.3 is 5.11 Å². The summed E-state index contributed by atoms with van der Waals surface area (Å²) in [6.07, 6.45) is 0.520. The van der Waals surface area contributed by atoms with E-state index in [0.717, 1.165) is 11.3 Å². The van der Waals surface area contributed by atoms with Crippen molar-refractivity contribution in [2.45, 2.75) is 24.2 Å². The fourth-order valence-corrected chi connectivity index (χ4v) is 5.50. The van der Waals surface area contributed by atoms with E-state index < -0.39 is 16.0 Å². The number of nitrogens with zero attached hydrogens (tertiary/aromatic N) is 3. The summed E-state index contributed by atoms with van der Waals surface area (Å²) >= 11 is 7.43. The standard InChI is InChI=1S/C20H16ClN3O4S2/c21-19-9-8-18-16(23-19)10-14(2-1-3-20(25)26)24(18)30(27,28)15-6-4-13(5-7-15)17-11-29-12-22-17/h4-12H,1-3H2,(H,25,26). The molecule has 4 rings (SSSR count). The molecule has 4 aromatic rings. The van der Waals surface area contributed by atoms with Gasteiger partial charge in [-0.3, -0.25) is 4.79 Å². The normalized spacial score (nSPS) is 11.8. The minimum Gasteiger partial charge on any atom is -0.481 e. The van der Waals surface area contributed by atoms with Crippen molar-refractivity contribution >= 4 is 50.0 Å². The Morgan fingerprint density at radius 1 is 1.17 bits per heavy atom. The maximum Gasteiger partial charge on any atom is 0.303 e. The summed E-state index contributed by atoms with van der Waals surface area (Å²) in [6.45, 7) is 0. The van der Waals surface area contributed by atoms with Crippen LogP contribution in [0.3, 0.4) is 0 Å². The number of thiazole rings is 1. The minimum absolute atomic E-state index is 0.0574. The van der Waals surface area contributed by atoms with Gasteiger partial charge in [-0.25, -0.2) is 22.4 Å². The van der Waals surface area contributed by atoms with Gasteiger partial charge in [0.05, 0.1) is 27.1 Å². The molecule has 0 saturated carbocycles. The lowest BCUT2D eigenvalue weighted by Gasteiger charge is -2.12. The maximum absolute atomic E-state index is 13.5. The summed E-state index contributed by atoms with van der Waals surface area (Å²) in [6, 6.07) is 11.3. The van der Waals surface area contributed by atoms with E-state index in [1.165, 1.54) is 21.4 Å². The van der Waals surface area contributed by atoms with Gasteiger partial charge in [-0.1, -0.05) is 23.7 Å². The Morgan fingerprint density at radius 3 is 2.60 bits per heavy atom. The molecular weight excluding hydrogens is 446 g/mol. The Kier molecular flexibility index (Phi) is 5.59. The van der Waals surface area contributed by atoms with Crippen LogP contribution >= 0.6 is 22.9 Å². The van der Waals surface area contributed by atoms with Gasteiger partial charge in [0.15, 0.2) is 0 Å². The molecule has 10 heteroatoms. The number of halogens is 1. The van der Waals surface area contributed by atoms with Crippen LogP contribution in [0.25, 0.3) is 22.3 Å². The summed E-state index contributed by atoms with van der Waals surface area (Å²) < 4.78 is 28.2. The van der Waals surface area contributed by atoms with E-state index in [9.17, 15) is 13.2 Å². The van der Waals surface area contributed by atoms with Gasteiger partial charge in [0.1, 0.15) is 5.15 Å². The number of pyridine rings is 1. The lowest BCUT2D eigenvalue weighted by molar-refractivity contribution is -0.137. The van der Waals surface area contributed by atoms with E-state index in [1.807, 2.05) is 5.38 Å². The monoisotopic (exact) mass is 461 g/mol. The van der Waals surface area contributed by atoms with Crippen LogP contribution in [0.5, 0.6) is 0 Å². The molecule has 3 aromatic heterocycles. The Labute approximate surface area is 181 Å². The molecule has 30 heavy (non-hydrogen) atoms. The van der Waals surface area contributed by atoms with Crippen molar-refractivity contribution in [2.24, 2.45) is 0 Å². The van der Waals surface area contributed by atoms with Gasteiger partial charge in [0.2, 0.25) is 0 Å². The van der Waals surface area contributed by atoms with E-state index in [2.05, 4.69) is 9.97 Å². The largest absolute Gasteiger partial charge is 0.481 e. The van der Waals surface area contributed by atoms with Crippen LogP contribution < -0.4 is 0 Å². The molecule has 0 amide bonds. The lowest BCUT2D eigenvalue weighted by Crippen LogP contribution is -2.16. The van der Waals surface area contributed by atoms with Crippen LogP contribution in [0.15, 0.2) is 58.3 Å². The molecule has 1 N–H and O–H groups in total. The van der Waals surface area contributed by atoms with Crippen LogP contribution in [0.1, 0.15) is 18.5 Å². The zero-order valence-corrected chi connectivity index (χ0v) is 17.9. The molecule has 0 bridgehead atoms. The molecule has 3 heterocycles. The van der Waals surface area contributed by atoms with Crippen LogP contribution in [0.2, 0.25) is 5.15 Å². The van der Waals surface area contributed by atoms with Crippen molar-refractivity contribution in [1.29, 1.82) is 0 Å². The molecule has 0 atom stereocenters. The number of carboxylic acid groups (broad SMARTS) is 1. The van der Waals surface area contributed by atoms with Crippen molar-refractivity contribution in [1.82, 2.24) is 13.9 Å². The first kappa shape index (κ1) is 20.5.